The van der Waals surface area contributed by atoms with Crippen LogP contribution in [0.2, 0.25) is 0 Å². The Morgan fingerprint density at radius 1 is 0.495 bits per heavy atom. The summed E-state index contributed by atoms with van der Waals surface area (Å²) in [6.07, 6.45) is 13.8. The Morgan fingerprint density at radius 2 is 1.09 bits per heavy atom. The van der Waals surface area contributed by atoms with E-state index in [1.165, 1.54) is 131 Å². The van der Waals surface area contributed by atoms with E-state index in [9.17, 15) is 0 Å². The van der Waals surface area contributed by atoms with Crippen molar-refractivity contribution in [1.29, 1.82) is 0 Å². The summed E-state index contributed by atoms with van der Waals surface area (Å²) in [6.45, 7) is 18.8. The standard InChI is InChI=1S/C98H76B2N4S/c1-8-10-37-67(9-2)101(68-38-13-11-14-39-68)71-43-30-46-74(62-71)104-84-56-23-20-53-81(84)99-92-88(77-49-27-32-63-33-28-50-78(87(63)77)93(92)104)98(7,89-75-47-17-19-51-79(75)97(5,6)94(89)99)66-36-25-34-64(59-66)65-35-26-42-70(60-65)102(69-40-15-12-16-41-69)72-44-29-45-73(61-72)103-83-55-22-21-54-82(83)100-91-80(52-31-57-85(91)103)96(3,4)90-76-48-18-24-58-86(76)105-95(90)100/h8-48,50-62H,1,49H2,2-7H3/b37-10-,67-9+. The van der Waals surface area contributed by atoms with E-state index < -0.39 is 5.41 Å². The molecule has 2 aliphatic carbocycles. The number of allylic oxidation sites excluding steroid dienone is 7. The second kappa shape index (κ2) is 23.8. The van der Waals surface area contributed by atoms with Gasteiger partial charge in [-0.15, -0.1) is 11.3 Å². The summed E-state index contributed by atoms with van der Waals surface area (Å²) in [5.74, 6) is 0. The van der Waals surface area contributed by atoms with Gasteiger partial charge in [0, 0.05) is 94.6 Å². The molecule has 4 nitrogen and oxygen atoms in total. The van der Waals surface area contributed by atoms with Gasteiger partial charge in [0.15, 0.2) is 0 Å². The Balaban J connectivity index is 0.762. The molecule has 0 spiro atoms. The molecule has 13 aromatic carbocycles. The van der Waals surface area contributed by atoms with Crippen LogP contribution in [0.1, 0.15) is 86.1 Å². The minimum atomic E-state index is -0.644. The highest BCUT2D eigenvalue weighted by molar-refractivity contribution is 7.32. The molecular weight excluding hydrogens is 1290 g/mol. The summed E-state index contributed by atoms with van der Waals surface area (Å²) in [6, 6.07) is 110. The molecule has 0 saturated carbocycles. The van der Waals surface area contributed by atoms with Crippen LogP contribution in [-0.2, 0) is 22.7 Å². The third kappa shape index (κ3) is 9.14. The average Bonchev–Trinajstić information content (AvgIpc) is 1.60. The topological polar surface area (TPSA) is 13.0 Å². The van der Waals surface area contributed by atoms with E-state index >= 15 is 0 Å². The van der Waals surface area contributed by atoms with Gasteiger partial charge in [-0.25, -0.2) is 0 Å². The van der Waals surface area contributed by atoms with E-state index in [0.717, 1.165) is 57.5 Å². The van der Waals surface area contributed by atoms with Gasteiger partial charge < -0.3 is 19.6 Å². The van der Waals surface area contributed by atoms with Crippen molar-refractivity contribution in [2.45, 2.75) is 64.2 Å². The summed E-state index contributed by atoms with van der Waals surface area (Å²) in [5, 5.41) is 3.99. The van der Waals surface area contributed by atoms with Crippen molar-refractivity contribution in [3.05, 3.63) is 384 Å². The van der Waals surface area contributed by atoms with Gasteiger partial charge in [-0.2, -0.15) is 0 Å². The summed E-state index contributed by atoms with van der Waals surface area (Å²) >= 11 is 1.98. The van der Waals surface area contributed by atoms with Crippen LogP contribution in [-0.4, -0.2) is 13.4 Å². The van der Waals surface area contributed by atoms with E-state index in [-0.39, 0.29) is 24.3 Å². The molecule has 0 fully saturated rings. The molecule has 0 radical (unpaired) electrons. The first-order valence-corrected chi connectivity index (χ1v) is 37.9. The summed E-state index contributed by atoms with van der Waals surface area (Å²) in [5.41, 5.74) is 34.1. The Hall–Kier alpha value is -11.9. The fourth-order valence-corrected chi connectivity index (χ4v) is 21.3. The average molecular weight is 1360 g/mol. The van der Waals surface area contributed by atoms with Gasteiger partial charge in [-0.3, -0.25) is 0 Å². The lowest BCUT2D eigenvalue weighted by Crippen LogP contribution is -2.63. The molecule has 5 heterocycles. The molecule has 1 unspecified atom stereocenters. The number of benzene rings is 13. The predicted octanol–water partition coefficient (Wildman–Crippen LogP) is 22.5. The summed E-state index contributed by atoms with van der Waals surface area (Å²) < 4.78 is 2.82. The number of fused-ring (bicyclic) bond motifs is 13. The Kier molecular flexibility index (Phi) is 14.3. The van der Waals surface area contributed by atoms with Crippen LogP contribution in [0.5, 0.6) is 0 Å². The Bertz CT molecular complexity index is 6130. The maximum atomic E-state index is 4.07. The minimum absolute atomic E-state index is 0.0460. The minimum Gasteiger partial charge on any atom is -0.311 e. The lowest BCUT2D eigenvalue weighted by atomic mass is 9.27. The molecule has 0 saturated heterocycles. The number of anilines is 11. The molecule has 14 aromatic rings. The van der Waals surface area contributed by atoms with Gasteiger partial charge in [0.1, 0.15) is 0 Å². The van der Waals surface area contributed by atoms with E-state index in [1.54, 1.807) is 0 Å². The van der Waals surface area contributed by atoms with Gasteiger partial charge in [-0.05, 0) is 228 Å². The second-order valence-corrected chi connectivity index (χ2v) is 31.3. The van der Waals surface area contributed by atoms with Crippen LogP contribution in [0.3, 0.4) is 0 Å². The zero-order valence-corrected chi connectivity index (χ0v) is 60.8. The SMILES string of the molecule is C=C/C=C\C(=C/C)N(c1ccccc1)c1cccc(N2c3ccccc3B3C4=C(c5ccccc5C4(C)C)C(C)(c4cccc(-c5cccc(N(c6ccccc6)c6cccc(N7c8ccccc8B8c9sc%10ccccc%10c9C(C)(C)c9cccc7c98)c6)c5)c4)c4c3c2c2cccc3c2c4CC=C3)c1. The number of hydrogen-bond donors (Lipinski definition) is 0. The number of thiophene rings is 1. The highest BCUT2D eigenvalue weighted by atomic mass is 32.1. The highest BCUT2D eigenvalue weighted by Gasteiger charge is 2.58. The zero-order chi connectivity index (χ0) is 70.6. The van der Waals surface area contributed by atoms with Crippen molar-refractivity contribution in [3.8, 4) is 11.1 Å². The van der Waals surface area contributed by atoms with E-state index in [1.807, 2.05) is 23.5 Å². The van der Waals surface area contributed by atoms with Gasteiger partial charge >= 0.3 is 0 Å². The molecule has 0 N–H and O–H groups in total. The lowest BCUT2D eigenvalue weighted by molar-refractivity contribution is 0.654. The molecule has 0 amide bonds. The van der Waals surface area contributed by atoms with Crippen molar-refractivity contribution < 1.29 is 0 Å². The zero-order valence-electron chi connectivity index (χ0n) is 59.9. The van der Waals surface area contributed by atoms with Crippen LogP contribution >= 0.6 is 11.3 Å². The van der Waals surface area contributed by atoms with Crippen LogP contribution in [0.25, 0.3) is 43.6 Å². The van der Waals surface area contributed by atoms with E-state index in [2.05, 4.69) is 383 Å². The second-order valence-electron chi connectivity index (χ2n) is 30.3. The van der Waals surface area contributed by atoms with Crippen molar-refractivity contribution in [3.63, 3.8) is 0 Å². The van der Waals surface area contributed by atoms with Crippen LogP contribution in [0.4, 0.5) is 62.6 Å². The van der Waals surface area contributed by atoms with Crippen LogP contribution in [0.15, 0.2) is 339 Å². The van der Waals surface area contributed by atoms with E-state index in [0.29, 0.717) is 0 Å². The summed E-state index contributed by atoms with van der Waals surface area (Å²) in [7, 11) is 0. The quantitative estimate of drug-likeness (QED) is 0.0893. The van der Waals surface area contributed by atoms with Gasteiger partial charge in [0.05, 0.1) is 0 Å². The van der Waals surface area contributed by atoms with Crippen molar-refractivity contribution in [1.82, 2.24) is 0 Å². The third-order valence-corrected chi connectivity index (χ3v) is 25.3. The monoisotopic (exact) mass is 1360 g/mol. The largest absolute Gasteiger partial charge is 0.311 e. The van der Waals surface area contributed by atoms with Gasteiger partial charge in [0.2, 0.25) is 6.71 Å². The number of hydrogen-bond acceptors (Lipinski definition) is 5. The lowest BCUT2D eigenvalue weighted by Gasteiger charge is -2.50. The third-order valence-electron chi connectivity index (χ3n) is 24.0. The molecule has 105 heavy (non-hydrogen) atoms. The van der Waals surface area contributed by atoms with Crippen LogP contribution < -0.4 is 46.2 Å². The van der Waals surface area contributed by atoms with E-state index in [4.69, 9.17) is 0 Å². The first kappa shape index (κ1) is 62.9. The molecule has 0 bridgehead atoms. The van der Waals surface area contributed by atoms with Crippen molar-refractivity contribution in [2.75, 3.05) is 19.6 Å². The smallest absolute Gasteiger partial charge is 0.259 e. The molecule has 1 aromatic heterocycles. The Morgan fingerprint density at radius 3 is 1.87 bits per heavy atom. The van der Waals surface area contributed by atoms with Gasteiger partial charge in [-0.1, -0.05) is 258 Å². The maximum absolute atomic E-state index is 4.07. The number of nitrogens with zero attached hydrogens (tertiary/aromatic N) is 4. The first-order chi connectivity index (χ1) is 51.4. The molecule has 4 aliphatic heterocycles. The van der Waals surface area contributed by atoms with Crippen LogP contribution in [0, 0.1) is 0 Å². The molecule has 7 heteroatoms. The fraction of sp³-hybridized carbons (Fsp3) is 0.102. The summed E-state index contributed by atoms with van der Waals surface area (Å²) in [4.78, 5) is 10.0. The molecule has 6 aliphatic rings. The predicted molar refractivity (Wildman–Crippen MR) is 451 cm³/mol. The molecular formula is C98H76B2N4S. The first-order valence-electron chi connectivity index (χ1n) is 37.1. The van der Waals surface area contributed by atoms with Gasteiger partial charge in [0.25, 0.3) is 6.71 Å². The maximum Gasteiger partial charge on any atom is 0.259 e. The van der Waals surface area contributed by atoms with Crippen molar-refractivity contribution in [2.24, 2.45) is 0 Å². The highest BCUT2D eigenvalue weighted by Crippen LogP contribution is 2.62. The molecule has 500 valence electrons. The molecule has 1 atom stereocenters. The number of rotatable bonds is 12. The Labute approximate surface area is 621 Å². The number of para-hydroxylation sites is 4. The normalized spacial score (nSPS) is 16.5. The fourth-order valence-electron chi connectivity index (χ4n) is 19.8. The van der Waals surface area contributed by atoms with Crippen molar-refractivity contribution >= 4 is 146 Å². The molecule has 20 rings (SSSR count).